The number of carbonyl (C=O) groups excluding carboxylic acids is 1. The smallest absolute Gasteiger partial charge is 0.336 e. The Kier molecular flexibility index (Phi) is 7.26. The Bertz CT molecular complexity index is 1750. The first-order chi connectivity index (χ1) is 19.2. The van der Waals surface area contributed by atoms with Gasteiger partial charge in [-0.3, -0.25) is 4.79 Å². The number of carboxylic acid groups (broad SMARTS) is 1. The Hall–Kier alpha value is -4.71. The van der Waals surface area contributed by atoms with Crippen molar-refractivity contribution in [2.24, 2.45) is 0 Å². The second-order valence-corrected chi connectivity index (χ2v) is 10.2. The molecule has 5 aromatic rings. The van der Waals surface area contributed by atoms with Crippen molar-refractivity contribution in [1.29, 1.82) is 0 Å². The van der Waals surface area contributed by atoms with Crippen molar-refractivity contribution in [1.82, 2.24) is 9.88 Å². The standard InChI is InChI=1S/C34H31FN2O3/c1-20-8-7-11-27(32(20)35)22(3)36-33(38)26-16-17-31-30(18-26)21(2)23(4)37(31)19-24-12-14-25(15-13-24)28-9-5-6-10-29(28)34(39)40/h5-18,22H,19H2,1-4H3,(H,36,38)(H,39,40)/t22-/m0/s1. The van der Waals surface area contributed by atoms with E-state index in [0.29, 0.717) is 28.8 Å². The van der Waals surface area contributed by atoms with Crippen LogP contribution in [0.2, 0.25) is 0 Å². The largest absolute Gasteiger partial charge is 0.478 e. The average molecular weight is 535 g/mol. The lowest BCUT2D eigenvalue weighted by Crippen LogP contribution is -2.27. The first-order valence-corrected chi connectivity index (χ1v) is 13.2. The number of hydrogen-bond acceptors (Lipinski definition) is 2. The van der Waals surface area contributed by atoms with E-state index in [-0.39, 0.29) is 17.3 Å². The molecule has 2 N–H and O–H groups in total. The quantitative estimate of drug-likeness (QED) is 0.226. The molecular formula is C34H31FN2O3. The SMILES string of the molecule is Cc1cccc([C@H](C)NC(=O)c2ccc3c(c2)c(C)c(C)n3Cc2ccc(-c3ccccc3C(=O)O)cc2)c1F. The van der Waals surface area contributed by atoms with Crippen LogP contribution in [-0.4, -0.2) is 21.6 Å². The third-order valence-corrected chi connectivity index (χ3v) is 7.70. The number of fused-ring (bicyclic) bond motifs is 1. The molecule has 1 heterocycles. The van der Waals surface area contributed by atoms with E-state index in [1.54, 1.807) is 50.2 Å². The van der Waals surface area contributed by atoms with E-state index in [1.807, 2.05) is 55.5 Å². The van der Waals surface area contributed by atoms with Gasteiger partial charge in [0.1, 0.15) is 5.82 Å². The second kappa shape index (κ2) is 10.8. The molecule has 0 unspecified atom stereocenters. The normalized spacial score (nSPS) is 11.9. The zero-order chi connectivity index (χ0) is 28.6. The summed E-state index contributed by atoms with van der Waals surface area (Å²) in [6.45, 7) is 8.24. The molecule has 0 aliphatic carbocycles. The molecule has 0 bridgehead atoms. The highest BCUT2D eigenvalue weighted by Crippen LogP contribution is 2.29. The number of nitrogens with zero attached hydrogens (tertiary/aromatic N) is 1. The fourth-order valence-corrected chi connectivity index (χ4v) is 5.25. The van der Waals surface area contributed by atoms with Crippen LogP contribution in [0.4, 0.5) is 4.39 Å². The van der Waals surface area contributed by atoms with Gasteiger partial charge in [0.25, 0.3) is 5.91 Å². The molecule has 1 amide bonds. The van der Waals surface area contributed by atoms with Crippen molar-refractivity contribution in [3.8, 4) is 11.1 Å². The number of aromatic carboxylic acids is 1. The van der Waals surface area contributed by atoms with Gasteiger partial charge in [-0.15, -0.1) is 0 Å². The van der Waals surface area contributed by atoms with Gasteiger partial charge in [-0.2, -0.15) is 0 Å². The van der Waals surface area contributed by atoms with Crippen LogP contribution in [0.3, 0.4) is 0 Å². The molecule has 5 nitrogen and oxygen atoms in total. The van der Waals surface area contributed by atoms with E-state index in [9.17, 15) is 19.1 Å². The van der Waals surface area contributed by atoms with E-state index in [2.05, 4.69) is 16.8 Å². The van der Waals surface area contributed by atoms with Crippen molar-refractivity contribution in [2.75, 3.05) is 0 Å². The monoisotopic (exact) mass is 534 g/mol. The van der Waals surface area contributed by atoms with E-state index in [1.165, 1.54) is 0 Å². The maximum absolute atomic E-state index is 14.6. The fraction of sp³-hybridized carbons (Fsp3) is 0.176. The molecule has 0 aliphatic heterocycles. The zero-order valence-electron chi connectivity index (χ0n) is 23.0. The molecular weight excluding hydrogens is 503 g/mol. The van der Waals surface area contributed by atoms with Gasteiger partial charge >= 0.3 is 5.97 Å². The summed E-state index contributed by atoms with van der Waals surface area (Å²) < 4.78 is 16.8. The summed E-state index contributed by atoms with van der Waals surface area (Å²) in [5.74, 6) is -1.50. The molecule has 0 saturated carbocycles. The summed E-state index contributed by atoms with van der Waals surface area (Å²) in [4.78, 5) is 24.7. The van der Waals surface area contributed by atoms with Crippen molar-refractivity contribution >= 4 is 22.8 Å². The lowest BCUT2D eigenvalue weighted by atomic mass is 9.99. The molecule has 0 aliphatic rings. The Morgan fingerprint density at radius 1 is 0.925 bits per heavy atom. The summed E-state index contributed by atoms with van der Waals surface area (Å²) in [6, 6.07) is 25.3. The van der Waals surface area contributed by atoms with Gasteiger partial charge in [0.2, 0.25) is 0 Å². The van der Waals surface area contributed by atoms with Gasteiger partial charge in [0.05, 0.1) is 11.6 Å². The summed E-state index contributed by atoms with van der Waals surface area (Å²) in [6.07, 6.45) is 0. The minimum atomic E-state index is -0.950. The number of amides is 1. The number of benzene rings is 4. The average Bonchev–Trinajstić information content (AvgIpc) is 3.19. The number of aromatic nitrogens is 1. The number of hydrogen-bond donors (Lipinski definition) is 2. The van der Waals surface area contributed by atoms with Crippen LogP contribution < -0.4 is 5.32 Å². The zero-order valence-corrected chi connectivity index (χ0v) is 23.0. The van der Waals surface area contributed by atoms with Gasteiger partial charge in [-0.1, -0.05) is 60.7 Å². The fourth-order valence-electron chi connectivity index (χ4n) is 5.25. The van der Waals surface area contributed by atoms with Gasteiger partial charge in [-0.25, -0.2) is 9.18 Å². The maximum atomic E-state index is 14.6. The minimum absolute atomic E-state index is 0.252. The number of carbonyl (C=O) groups is 2. The van der Waals surface area contributed by atoms with E-state index < -0.39 is 12.0 Å². The lowest BCUT2D eigenvalue weighted by molar-refractivity contribution is 0.0697. The second-order valence-electron chi connectivity index (χ2n) is 10.2. The third kappa shape index (κ3) is 5.00. The van der Waals surface area contributed by atoms with Crippen LogP contribution in [0.1, 0.15) is 61.6 Å². The minimum Gasteiger partial charge on any atom is -0.478 e. The van der Waals surface area contributed by atoms with E-state index >= 15 is 0 Å². The van der Waals surface area contributed by atoms with Gasteiger partial charge < -0.3 is 15.0 Å². The van der Waals surface area contributed by atoms with Gasteiger partial charge in [0.15, 0.2) is 0 Å². The van der Waals surface area contributed by atoms with Crippen molar-refractivity contribution in [3.05, 3.63) is 130 Å². The molecule has 0 fully saturated rings. The molecule has 1 atom stereocenters. The molecule has 6 heteroatoms. The predicted molar refractivity (Wildman–Crippen MR) is 156 cm³/mol. The molecule has 5 rings (SSSR count). The molecule has 4 aromatic carbocycles. The summed E-state index contributed by atoms with van der Waals surface area (Å²) >= 11 is 0. The van der Waals surface area contributed by atoms with Crippen LogP contribution in [0.25, 0.3) is 22.0 Å². The van der Waals surface area contributed by atoms with Crippen molar-refractivity contribution in [2.45, 2.75) is 40.3 Å². The van der Waals surface area contributed by atoms with Crippen LogP contribution in [-0.2, 0) is 6.54 Å². The Balaban J connectivity index is 1.39. The molecule has 0 radical (unpaired) electrons. The molecule has 1 aromatic heterocycles. The van der Waals surface area contributed by atoms with Crippen molar-refractivity contribution < 1.29 is 19.1 Å². The van der Waals surface area contributed by atoms with Gasteiger partial charge in [0, 0.05) is 34.3 Å². The Morgan fingerprint density at radius 2 is 1.65 bits per heavy atom. The molecule has 40 heavy (non-hydrogen) atoms. The summed E-state index contributed by atoms with van der Waals surface area (Å²) in [7, 11) is 0. The van der Waals surface area contributed by atoms with Crippen LogP contribution >= 0.6 is 0 Å². The maximum Gasteiger partial charge on any atom is 0.336 e. The molecule has 0 spiro atoms. The molecule has 0 saturated heterocycles. The number of carboxylic acids is 1. The summed E-state index contributed by atoms with van der Waals surface area (Å²) in [5, 5.41) is 13.5. The van der Waals surface area contributed by atoms with Gasteiger partial charge in [-0.05, 0) is 79.8 Å². The van der Waals surface area contributed by atoms with Crippen LogP contribution in [0, 0.1) is 26.6 Å². The number of rotatable bonds is 7. The first kappa shape index (κ1) is 26.9. The topological polar surface area (TPSA) is 71.3 Å². The Labute approximate surface area is 232 Å². The first-order valence-electron chi connectivity index (χ1n) is 13.2. The predicted octanol–water partition coefficient (Wildman–Crippen LogP) is 7.61. The van der Waals surface area contributed by atoms with Crippen LogP contribution in [0.5, 0.6) is 0 Å². The highest BCUT2D eigenvalue weighted by atomic mass is 19.1. The highest BCUT2D eigenvalue weighted by molar-refractivity contribution is 5.99. The Morgan fingerprint density at radius 3 is 2.38 bits per heavy atom. The third-order valence-electron chi connectivity index (χ3n) is 7.70. The van der Waals surface area contributed by atoms with E-state index in [0.717, 1.165) is 33.3 Å². The molecule has 202 valence electrons. The highest BCUT2D eigenvalue weighted by Gasteiger charge is 2.18. The van der Waals surface area contributed by atoms with Crippen LogP contribution in [0.15, 0.2) is 84.9 Å². The van der Waals surface area contributed by atoms with Crippen molar-refractivity contribution in [3.63, 3.8) is 0 Å². The number of aryl methyl sites for hydroxylation is 2. The lowest BCUT2D eigenvalue weighted by Gasteiger charge is -2.16. The number of nitrogens with one attached hydrogen (secondary N) is 1. The number of halogens is 1. The summed E-state index contributed by atoms with van der Waals surface area (Å²) in [5.41, 5.74) is 7.63. The van der Waals surface area contributed by atoms with E-state index in [4.69, 9.17) is 0 Å².